The van der Waals surface area contributed by atoms with E-state index in [0.29, 0.717) is 0 Å². The van der Waals surface area contributed by atoms with Gasteiger partial charge in [0.25, 0.3) is 0 Å². The van der Waals surface area contributed by atoms with E-state index in [0.717, 1.165) is 18.4 Å². The topological polar surface area (TPSA) is 36.7 Å². The fraction of sp³-hybridized carbons (Fsp3) is 0.143. The van der Waals surface area contributed by atoms with E-state index < -0.39 is 0 Å². The number of allylic oxidation sites excluding steroid dienone is 1. The molecule has 0 bridgehead atoms. The van der Waals surface area contributed by atoms with Crippen LogP contribution < -0.4 is 0 Å². The zero-order valence-corrected chi connectivity index (χ0v) is 10.00. The Balaban J connectivity index is 2.12. The first-order chi connectivity index (χ1) is 8.38. The highest BCUT2D eigenvalue weighted by Gasteiger charge is 2.15. The van der Waals surface area contributed by atoms with E-state index in [1.54, 1.807) is 0 Å². The van der Waals surface area contributed by atoms with Gasteiger partial charge in [-0.2, -0.15) is 5.26 Å². The van der Waals surface area contributed by atoms with Crippen LogP contribution in [0.3, 0.4) is 0 Å². The summed E-state index contributed by atoms with van der Waals surface area (Å²) in [6.45, 7) is 0. The maximum Gasteiger partial charge on any atom is 0.0991 e. The lowest BCUT2D eigenvalue weighted by Gasteiger charge is -2.16. The van der Waals surface area contributed by atoms with Gasteiger partial charge in [-0.1, -0.05) is 12.1 Å². The van der Waals surface area contributed by atoms with Gasteiger partial charge in [-0.3, -0.25) is 0 Å². The SMILES string of the molecule is N#Cc1ccc2c(c1)CCC=C2c1ccns1. The summed E-state index contributed by atoms with van der Waals surface area (Å²) in [5.41, 5.74) is 4.53. The summed E-state index contributed by atoms with van der Waals surface area (Å²) in [7, 11) is 0. The Morgan fingerprint density at radius 1 is 1.29 bits per heavy atom. The number of nitriles is 1. The molecule has 1 aliphatic carbocycles. The van der Waals surface area contributed by atoms with E-state index in [1.165, 1.54) is 33.1 Å². The van der Waals surface area contributed by atoms with E-state index in [2.05, 4.69) is 22.6 Å². The average molecular weight is 238 g/mol. The van der Waals surface area contributed by atoms with E-state index in [4.69, 9.17) is 5.26 Å². The number of hydrogen-bond acceptors (Lipinski definition) is 3. The van der Waals surface area contributed by atoms with Crippen molar-refractivity contribution in [3.8, 4) is 6.07 Å². The van der Waals surface area contributed by atoms with E-state index in [1.807, 2.05) is 24.4 Å². The first-order valence-electron chi connectivity index (χ1n) is 5.53. The van der Waals surface area contributed by atoms with Crippen molar-refractivity contribution in [3.05, 3.63) is 58.1 Å². The van der Waals surface area contributed by atoms with E-state index in [9.17, 15) is 0 Å². The molecule has 1 aliphatic rings. The number of aromatic nitrogens is 1. The molecule has 3 rings (SSSR count). The first kappa shape index (κ1) is 10.2. The van der Waals surface area contributed by atoms with Gasteiger partial charge in [0.05, 0.1) is 16.5 Å². The van der Waals surface area contributed by atoms with Crippen molar-refractivity contribution in [1.82, 2.24) is 4.37 Å². The Morgan fingerprint density at radius 2 is 2.24 bits per heavy atom. The second-order valence-electron chi connectivity index (χ2n) is 4.02. The minimum atomic E-state index is 0.745. The number of nitrogens with zero attached hydrogens (tertiary/aromatic N) is 2. The van der Waals surface area contributed by atoms with Gasteiger partial charge >= 0.3 is 0 Å². The third-order valence-corrected chi connectivity index (χ3v) is 3.77. The molecule has 1 aromatic carbocycles. The molecular formula is C14H10N2S. The average Bonchev–Trinajstić information content (AvgIpc) is 2.91. The molecule has 0 amide bonds. The third kappa shape index (κ3) is 1.77. The first-order valence-corrected chi connectivity index (χ1v) is 6.30. The molecule has 2 nitrogen and oxygen atoms in total. The molecular weight excluding hydrogens is 228 g/mol. The van der Waals surface area contributed by atoms with Crippen LogP contribution in [0, 0.1) is 11.3 Å². The molecule has 0 fully saturated rings. The fourth-order valence-electron chi connectivity index (χ4n) is 2.20. The van der Waals surface area contributed by atoms with Crippen molar-refractivity contribution in [3.63, 3.8) is 0 Å². The van der Waals surface area contributed by atoms with Crippen molar-refractivity contribution in [2.24, 2.45) is 0 Å². The number of benzene rings is 1. The number of fused-ring (bicyclic) bond motifs is 1. The summed E-state index contributed by atoms with van der Waals surface area (Å²) in [6, 6.07) is 10.2. The lowest BCUT2D eigenvalue weighted by Crippen LogP contribution is -2.00. The molecule has 0 spiro atoms. The second-order valence-corrected chi connectivity index (χ2v) is 4.85. The normalized spacial score (nSPS) is 13.7. The van der Waals surface area contributed by atoms with E-state index in [-0.39, 0.29) is 0 Å². The van der Waals surface area contributed by atoms with Crippen LogP contribution in [-0.2, 0) is 6.42 Å². The van der Waals surface area contributed by atoms with Gasteiger partial charge < -0.3 is 0 Å². The van der Waals surface area contributed by atoms with Crippen molar-refractivity contribution in [2.75, 3.05) is 0 Å². The van der Waals surface area contributed by atoms with Gasteiger partial charge in [0, 0.05) is 6.20 Å². The van der Waals surface area contributed by atoms with Gasteiger partial charge in [-0.05, 0) is 59.3 Å². The van der Waals surface area contributed by atoms with Gasteiger partial charge in [-0.25, -0.2) is 4.37 Å². The maximum absolute atomic E-state index is 8.92. The van der Waals surface area contributed by atoms with Crippen LogP contribution in [0.25, 0.3) is 5.57 Å². The summed E-state index contributed by atoms with van der Waals surface area (Å²) >= 11 is 1.52. The second kappa shape index (κ2) is 4.15. The zero-order valence-electron chi connectivity index (χ0n) is 9.18. The molecule has 17 heavy (non-hydrogen) atoms. The largest absolute Gasteiger partial charge is 0.201 e. The summed E-state index contributed by atoms with van der Waals surface area (Å²) in [5.74, 6) is 0. The molecule has 0 atom stereocenters. The number of aryl methyl sites for hydroxylation is 1. The monoisotopic (exact) mass is 238 g/mol. The minimum Gasteiger partial charge on any atom is -0.201 e. The van der Waals surface area contributed by atoms with Crippen LogP contribution in [-0.4, -0.2) is 4.37 Å². The van der Waals surface area contributed by atoms with Crippen LogP contribution in [0.2, 0.25) is 0 Å². The van der Waals surface area contributed by atoms with Crippen LogP contribution in [0.4, 0.5) is 0 Å². The molecule has 0 saturated heterocycles. The van der Waals surface area contributed by atoms with Crippen LogP contribution in [0.15, 0.2) is 36.5 Å². The molecule has 0 unspecified atom stereocenters. The highest BCUT2D eigenvalue weighted by molar-refractivity contribution is 7.07. The van der Waals surface area contributed by atoms with Gasteiger partial charge in [0.15, 0.2) is 0 Å². The predicted octanol–water partition coefficient (Wildman–Crippen LogP) is 3.39. The molecule has 0 N–H and O–H groups in total. The Hall–Kier alpha value is -1.92. The summed E-state index contributed by atoms with van der Waals surface area (Å²) in [4.78, 5) is 1.20. The van der Waals surface area contributed by atoms with Gasteiger partial charge in [-0.15, -0.1) is 0 Å². The summed E-state index contributed by atoms with van der Waals surface area (Å²) in [5, 5.41) is 8.92. The van der Waals surface area contributed by atoms with Crippen molar-refractivity contribution < 1.29 is 0 Å². The van der Waals surface area contributed by atoms with Crippen molar-refractivity contribution in [1.29, 1.82) is 5.26 Å². The fourth-order valence-corrected chi connectivity index (χ4v) is 2.85. The Kier molecular flexibility index (Phi) is 2.50. The standard InChI is InChI=1S/C14H10N2S/c15-9-10-4-5-12-11(8-10)2-1-3-13(12)14-6-7-16-17-14/h3-8H,1-2H2. The summed E-state index contributed by atoms with van der Waals surface area (Å²) in [6.07, 6.45) is 6.16. The molecule has 1 aromatic heterocycles. The lowest BCUT2D eigenvalue weighted by atomic mass is 9.89. The smallest absolute Gasteiger partial charge is 0.0991 e. The molecule has 0 aliphatic heterocycles. The quantitative estimate of drug-likeness (QED) is 0.763. The van der Waals surface area contributed by atoms with Gasteiger partial charge in [0.1, 0.15) is 0 Å². The Bertz CT molecular complexity index is 618. The molecule has 1 heterocycles. The predicted molar refractivity (Wildman–Crippen MR) is 68.7 cm³/mol. The molecule has 0 saturated carbocycles. The Morgan fingerprint density at radius 3 is 3.00 bits per heavy atom. The molecule has 2 aromatic rings. The minimum absolute atomic E-state index is 0.745. The van der Waals surface area contributed by atoms with E-state index >= 15 is 0 Å². The van der Waals surface area contributed by atoms with Crippen molar-refractivity contribution >= 4 is 17.1 Å². The summed E-state index contributed by atoms with van der Waals surface area (Å²) < 4.78 is 4.15. The molecule has 0 radical (unpaired) electrons. The maximum atomic E-state index is 8.92. The molecule has 3 heteroatoms. The Labute approximate surface area is 104 Å². The van der Waals surface area contributed by atoms with Gasteiger partial charge in [0.2, 0.25) is 0 Å². The van der Waals surface area contributed by atoms with Crippen molar-refractivity contribution in [2.45, 2.75) is 12.8 Å². The highest BCUT2D eigenvalue weighted by atomic mass is 32.1. The lowest BCUT2D eigenvalue weighted by molar-refractivity contribution is 0.977. The highest BCUT2D eigenvalue weighted by Crippen LogP contribution is 2.33. The van der Waals surface area contributed by atoms with Crippen LogP contribution >= 0.6 is 11.5 Å². The van der Waals surface area contributed by atoms with Crippen LogP contribution in [0.1, 0.15) is 28.0 Å². The number of rotatable bonds is 1. The van der Waals surface area contributed by atoms with Crippen LogP contribution in [0.5, 0.6) is 0 Å². The zero-order chi connectivity index (χ0) is 11.7. The number of hydrogen-bond donors (Lipinski definition) is 0. The molecule has 82 valence electrons. The third-order valence-electron chi connectivity index (χ3n) is 2.99.